The summed E-state index contributed by atoms with van der Waals surface area (Å²) in [6.45, 7) is 7.28. The van der Waals surface area contributed by atoms with Crippen molar-refractivity contribution in [2.45, 2.75) is 53.1 Å². The fourth-order valence-electron chi connectivity index (χ4n) is 4.57. The highest BCUT2D eigenvalue weighted by atomic mass is 31.1. The Hall–Kier alpha value is -3.30. The van der Waals surface area contributed by atoms with Gasteiger partial charge in [0.1, 0.15) is 11.9 Å². The number of carbonyl (C=O) groups is 3. The minimum absolute atomic E-state index is 0.119. The second-order valence-corrected chi connectivity index (χ2v) is 11.7. The Kier molecular flexibility index (Phi) is 11.2. The molecule has 38 heavy (non-hydrogen) atoms. The maximum absolute atomic E-state index is 13.8. The van der Waals surface area contributed by atoms with Gasteiger partial charge in [-0.1, -0.05) is 85.8 Å². The summed E-state index contributed by atoms with van der Waals surface area (Å²) in [5.41, 5.74) is 0.489. The first-order valence-electron chi connectivity index (χ1n) is 13.2. The average molecular weight is 533 g/mol. The third-order valence-corrected chi connectivity index (χ3v) is 9.04. The van der Waals surface area contributed by atoms with E-state index in [1.54, 1.807) is 26.8 Å². The second kappa shape index (κ2) is 14.6. The molecule has 3 aromatic carbocycles. The Bertz CT molecular complexity index is 1160. The third kappa shape index (κ3) is 7.85. The fraction of sp³-hybridized carbons (Fsp3) is 0.344. The van der Waals surface area contributed by atoms with Crippen LogP contribution in [0.1, 0.15) is 57.3 Å². The topological polar surface area (TPSA) is 69.7 Å². The van der Waals surface area contributed by atoms with Gasteiger partial charge in [0.05, 0.1) is 18.1 Å². The van der Waals surface area contributed by atoms with Crippen molar-refractivity contribution < 1.29 is 23.9 Å². The number of carbonyl (C=O) groups excluding carboxylic acids is 3. The van der Waals surface area contributed by atoms with Crippen LogP contribution in [0.15, 0.2) is 84.9 Å². The van der Waals surface area contributed by atoms with E-state index in [2.05, 4.69) is 24.3 Å². The second-order valence-electron chi connectivity index (χ2n) is 9.51. The van der Waals surface area contributed by atoms with Crippen molar-refractivity contribution in [3.05, 3.63) is 90.5 Å². The molecule has 6 heteroatoms. The molecule has 3 rings (SSSR count). The fourth-order valence-corrected chi connectivity index (χ4v) is 7.00. The van der Waals surface area contributed by atoms with Crippen molar-refractivity contribution in [1.29, 1.82) is 0 Å². The molecule has 200 valence electrons. The summed E-state index contributed by atoms with van der Waals surface area (Å²) in [5, 5.41) is 3.16. The number of hydrogen-bond donors (Lipinski definition) is 0. The van der Waals surface area contributed by atoms with Gasteiger partial charge in [-0.2, -0.15) is 0 Å². The Labute approximate surface area is 227 Å². The van der Waals surface area contributed by atoms with Crippen LogP contribution >= 0.6 is 7.92 Å². The number of Topliss-reactive ketones (excluding diaryl/α,β-unsaturated/α-hetero) is 1. The maximum atomic E-state index is 13.8. The standard InChI is InChI=1S/C32H37O5P/c1-5-36-31(34)25(4)30(23(2)15-14-16-24(3)33)37-32(35)28-21-12-13-22-29(28)38(26-17-8-6-9-18-26)27-19-10-7-11-20-27/h6-13,17-23,25,30H,5,14-16H2,1-4H3/t23-,25+,30+/m1/s1. The van der Waals surface area contributed by atoms with E-state index in [0.717, 1.165) is 15.9 Å². The van der Waals surface area contributed by atoms with Crippen LogP contribution in [0.2, 0.25) is 0 Å². The molecule has 0 unspecified atom stereocenters. The third-order valence-electron chi connectivity index (χ3n) is 6.54. The van der Waals surface area contributed by atoms with E-state index in [9.17, 15) is 14.4 Å². The molecule has 0 saturated carbocycles. The maximum Gasteiger partial charge on any atom is 0.339 e. The van der Waals surface area contributed by atoms with Crippen LogP contribution < -0.4 is 15.9 Å². The van der Waals surface area contributed by atoms with Gasteiger partial charge in [0, 0.05) is 6.42 Å². The van der Waals surface area contributed by atoms with E-state index < -0.39 is 31.9 Å². The lowest BCUT2D eigenvalue weighted by Crippen LogP contribution is -2.38. The highest BCUT2D eigenvalue weighted by Gasteiger charge is 2.34. The molecule has 0 bridgehead atoms. The lowest BCUT2D eigenvalue weighted by Gasteiger charge is -2.29. The zero-order valence-corrected chi connectivity index (χ0v) is 23.5. The normalized spacial score (nSPS) is 13.4. The average Bonchev–Trinajstić information content (AvgIpc) is 2.92. The van der Waals surface area contributed by atoms with Crippen LogP contribution in [0.25, 0.3) is 0 Å². The van der Waals surface area contributed by atoms with E-state index >= 15 is 0 Å². The quantitative estimate of drug-likeness (QED) is 0.213. The molecular formula is C32H37O5P. The molecule has 0 spiro atoms. The molecule has 0 aliphatic carbocycles. The minimum atomic E-state index is -1.02. The molecule has 3 atom stereocenters. The predicted molar refractivity (Wildman–Crippen MR) is 154 cm³/mol. The summed E-state index contributed by atoms with van der Waals surface area (Å²) in [6.07, 6.45) is 1.11. The van der Waals surface area contributed by atoms with Gasteiger partial charge in [0.2, 0.25) is 0 Å². The number of ketones is 1. The molecule has 0 amide bonds. The SMILES string of the molecule is CCOC(=O)[C@@H](C)[C@@H](OC(=O)c1ccccc1P(c1ccccc1)c1ccccc1)[C@H](C)CCCC(C)=O. The minimum Gasteiger partial charge on any atom is -0.466 e. The number of esters is 2. The van der Waals surface area contributed by atoms with Crippen molar-refractivity contribution >= 4 is 41.6 Å². The first-order valence-corrected chi connectivity index (χ1v) is 14.5. The van der Waals surface area contributed by atoms with E-state index in [1.165, 1.54) is 0 Å². The number of rotatable bonds is 13. The highest BCUT2D eigenvalue weighted by Crippen LogP contribution is 2.34. The van der Waals surface area contributed by atoms with E-state index in [4.69, 9.17) is 9.47 Å². The highest BCUT2D eigenvalue weighted by molar-refractivity contribution is 7.80. The van der Waals surface area contributed by atoms with Crippen LogP contribution in [-0.2, 0) is 19.1 Å². The monoisotopic (exact) mass is 532 g/mol. The predicted octanol–water partition coefficient (Wildman–Crippen LogP) is 5.56. The van der Waals surface area contributed by atoms with Gasteiger partial charge in [-0.25, -0.2) is 4.79 Å². The number of ether oxygens (including phenoxy) is 2. The van der Waals surface area contributed by atoms with Crippen molar-refractivity contribution in [3.63, 3.8) is 0 Å². The van der Waals surface area contributed by atoms with Crippen molar-refractivity contribution in [1.82, 2.24) is 0 Å². The lowest BCUT2D eigenvalue weighted by atomic mass is 9.89. The Balaban J connectivity index is 1.97. The molecular weight excluding hydrogens is 495 g/mol. The molecule has 0 heterocycles. The lowest BCUT2D eigenvalue weighted by molar-refractivity contribution is -0.152. The molecule has 0 N–H and O–H groups in total. The molecule has 3 aromatic rings. The van der Waals surface area contributed by atoms with Gasteiger partial charge in [-0.15, -0.1) is 0 Å². The smallest absolute Gasteiger partial charge is 0.339 e. The van der Waals surface area contributed by atoms with Gasteiger partial charge < -0.3 is 14.3 Å². The summed E-state index contributed by atoms with van der Waals surface area (Å²) >= 11 is 0. The molecule has 0 saturated heterocycles. The van der Waals surface area contributed by atoms with E-state index in [-0.39, 0.29) is 18.3 Å². The zero-order chi connectivity index (χ0) is 27.5. The zero-order valence-electron chi connectivity index (χ0n) is 22.6. The Morgan fingerprint density at radius 1 is 0.816 bits per heavy atom. The Morgan fingerprint density at radius 3 is 1.92 bits per heavy atom. The van der Waals surface area contributed by atoms with Crippen molar-refractivity contribution in [2.75, 3.05) is 6.61 Å². The van der Waals surface area contributed by atoms with E-state index in [0.29, 0.717) is 24.8 Å². The van der Waals surface area contributed by atoms with Crippen molar-refractivity contribution in [2.24, 2.45) is 11.8 Å². The number of benzene rings is 3. The van der Waals surface area contributed by atoms with Crippen LogP contribution in [0, 0.1) is 11.8 Å². The van der Waals surface area contributed by atoms with Gasteiger partial charge in [0.15, 0.2) is 0 Å². The van der Waals surface area contributed by atoms with Gasteiger partial charge >= 0.3 is 11.9 Å². The summed E-state index contributed by atoms with van der Waals surface area (Å²) in [5.74, 6) is -1.50. The largest absolute Gasteiger partial charge is 0.466 e. The molecule has 0 fully saturated rings. The summed E-state index contributed by atoms with van der Waals surface area (Å²) in [7, 11) is -1.02. The summed E-state index contributed by atoms with van der Waals surface area (Å²) < 4.78 is 11.4. The first-order chi connectivity index (χ1) is 18.3. The first kappa shape index (κ1) is 29.3. The Morgan fingerprint density at radius 2 is 1.37 bits per heavy atom. The van der Waals surface area contributed by atoms with Crippen molar-refractivity contribution in [3.8, 4) is 0 Å². The molecule has 5 nitrogen and oxygen atoms in total. The molecule has 0 aliphatic rings. The van der Waals surface area contributed by atoms with Gasteiger partial charge in [0.25, 0.3) is 0 Å². The number of hydrogen-bond acceptors (Lipinski definition) is 5. The van der Waals surface area contributed by atoms with E-state index in [1.807, 2.05) is 61.5 Å². The van der Waals surface area contributed by atoms with Gasteiger partial charge in [-0.05, 0) is 69.4 Å². The summed E-state index contributed by atoms with van der Waals surface area (Å²) in [6, 6.07) is 27.9. The van der Waals surface area contributed by atoms with Crippen LogP contribution in [0.4, 0.5) is 0 Å². The molecule has 0 aliphatic heterocycles. The van der Waals surface area contributed by atoms with Crippen LogP contribution in [-0.4, -0.2) is 30.4 Å². The van der Waals surface area contributed by atoms with Gasteiger partial charge in [-0.3, -0.25) is 4.79 Å². The molecule has 0 radical (unpaired) electrons. The summed E-state index contributed by atoms with van der Waals surface area (Å²) in [4.78, 5) is 37.9. The van der Waals surface area contributed by atoms with Crippen LogP contribution in [0.5, 0.6) is 0 Å². The van der Waals surface area contributed by atoms with Crippen LogP contribution in [0.3, 0.4) is 0 Å². The molecule has 0 aromatic heterocycles.